The van der Waals surface area contributed by atoms with Crippen LogP contribution < -0.4 is 15.0 Å². The van der Waals surface area contributed by atoms with Crippen LogP contribution in [0.3, 0.4) is 0 Å². The molecule has 2 amide bonds. The van der Waals surface area contributed by atoms with Crippen molar-refractivity contribution in [2.45, 2.75) is 5.25 Å². The zero-order valence-electron chi connectivity index (χ0n) is 21.4. The van der Waals surface area contributed by atoms with Gasteiger partial charge in [0, 0.05) is 29.8 Å². The molecule has 4 aromatic rings. The molecule has 0 saturated carbocycles. The van der Waals surface area contributed by atoms with Gasteiger partial charge >= 0.3 is 0 Å². The van der Waals surface area contributed by atoms with E-state index in [1.807, 2.05) is 53.9 Å². The van der Waals surface area contributed by atoms with Crippen LogP contribution in [0.1, 0.15) is 16.4 Å². The number of benzene rings is 2. The number of thiophene rings is 1. The normalized spacial score (nSPS) is 15.1. The second kappa shape index (κ2) is 12.3. The van der Waals surface area contributed by atoms with Crippen LogP contribution in [0.5, 0.6) is 5.75 Å². The predicted molar refractivity (Wildman–Crippen MR) is 156 cm³/mol. The van der Waals surface area contributed by atoms with Crippen molar-refractivity contribution >= 4 is 52.3 Å². The molecule has 2 aromatic carbocycles. The van der Waals surface area contributed by atoms with Crippen LogP contribution in [-0.2, 0) is 14.3 Å². The molecule has 5 rings (SSSR count). The van der Waals surface area contributed by atoms with Gasteiger partial charge in [-0.2, -0.15) is 16.4 Å². The van der Waals surface area contributed by atoms with Crippen molar-refractivity contribution < 1.29 is 19.1 Å². The number of halogens is 1. The summed E-state index contributed by atoms with van der Waals surface area (Å²) in [5.74, 6) is 1.03. The number of carbonyl (C=O) groups is 2. The number of thioether (sulfide) groups is 1. The lowest BCUT2D eigenvalue weighted by Gasteiger charge is -2.23. The van der Waals surface area contributed by atoms with Crippen molar-refractivity contribution in [1.29, 1.82) is 0 Å². The predicted octanol–water partition coefficient (Wildman–Crippen LogP) is 5.19. The first-order chi connectivity index (χ1) is 19.0. The fourth-order valence-electron chi connectivity index (χ4n) is 4.42. The van der Waals surface area contributed by atoms with E-state index in [0.717, 1.165) is 28.1 Å². The summed E-state index contributed by atoms with van der Waals surface area (Å²) in [6, 6.07) is 17.0. The van der Waals surface area contributed by atoms with Crippen LogP contribution >= 0.6 is 34.7 Å². The lowest BCUT2D eigenvalue weighted by Crippen LogP contribution is -2.43. The molecule has 8 nitrogen and oxygen atoms in total. The Morgan fingerprint density at radius 1 is 1.13 bits per heavy atom. The Morgan fingerprint density at radius 3 is 2.56 bits per heavy atom. The Bertz CT molecular complexity index is 1440. The van der Waals surface area contributed by atoms with E-state index in [2.05, 4.69) is 16.8 Å². The first kappa shape index (κ1) is 27.3. The van der Waals surface area contributed by atoms with Gasteiger partial charge in [0.25, 0.3) is 0 Å². The molecule has 0 radical (unpaired) electrons. The zero-order chi connectivity index (χ0) is 27.4. The van der Waals surface area contributed by atoms with Crippen molar-refractivity contribution in [1.82, 2.24) is 15.1 Å². The minimum absolute atomic E-state index is 0.144. The summed E-state index contributed by atoms with van der Waals surface area (Å²) in [4.78, 5) is 28.2. The van der Waals surface area contributed by atoms with Gasteiger partial charge in [-0.1, -0.05) is 23.7 Å². The molecule has 1 aliphatic rings. The van der Waals surface area contributed by atoms with E-state index in [1.54, 1.807) is 35.1 Å². The maximum absolute atomic E-state index is 13.7. The lowest BCUT2D eigenvalue weighted by molar-refractivity contribution is -0.123. The third-order valence-electron chi connectivity index (χ3n) is 6.30. The molecule has 0 fully saturated rings. The topological polar surface area (TPSA) is 85.7 Å². The number of rotatable bonds is 9. The molecule has 0 saturated heterocycles. The van der Waals surface area contributed by atoms with Crippen LogP contribution in [0.2, 0.25) is 5.02 Å². The average molecular weight is 583 g/mol. The first-order valence-corrected chi connectivity index (χ1v) is 14.6. The number of hydrogen-bond acceptors (Lipinski definition) is 7. The maximum Gasteiger partial charge on any atom is 0.240 e. The highest BCUT2D eigenvalue weighted by molar-refractivity contribution is 8.00. The molecule has 1 atom stereocenters. The molecule has 1 aliphatic heterocycles. The summed E-state index contributed by atoms with van der Waals surface area (Å²) in [5, 5.41) is 12.5. The van der Waals surface area contributed by atoms with Crippen LogP contribution in [0.4, 0.5) is 5.82 Å². The number of anilines is 1. The average Bonchev–Trinajstić information content (AvgIpc) is 3.59. The number of nitrogens with one attached hydrogen (secondary N) is 1. The van der Waals surface area contributed by atoms with Gasteiger partial charge in [0.2, 0.25) is 11.8 Å². The molecule has 202 valence electrons. The summed E-state index contributed by atoms with van der Waals surface area (Å²) in [5.41, 5.74) is 4.27. The number of nitrogens with zero attached hydrogens (tertiary/aromatic N) is 3. The Kier molecular flexibility index (Phi) is 8.56. The maximum atomic E-state index is 13.7. The fourth-order valence-corrected chi connectivity index (χ4v) is 6.51. The van der Waals surface area contributed by atoms with E-state index in [1.165, 1.54) is 11.8 Å². The Morgan fingerprint density at radius 2 is 1.90 bits per heavy atom. The fraction of sp³-hybridized carbons (Fsp3) is 0.250. The monoisotopic (exact) mass is 582 g/mol. The van der Waals surface area contributed by atoms with Crippen molar-refractivity contribution in [3.05, 3.63) is 81.5 Å². The first-order valence-electron chi connectivity index (χ1n) is 12.2. The molecule has 2 aromatic heterocycles. The smallest absolute Gasteiger partial charge is 0.240 e. The van der Waals surface area contributed by atoms with Gasteiger partial charge in [0.05, 0.1) is 36.1 Å². The molecule has 0 aliphatic carbocycles. The number of ether oxygens (including phenoxy) is 2. The third-order valence-corrected chi connectivity index (χ3v) is 8.51. The third kappa shape index (κ3) is 5.84. The highest BCUT2D eigenvalue weighted by atomic mass is 35.5. The van der Waals surface area contributed by atoms with Crippen LogP contribution in [0, 0.1) is 0 Å². The van der Waals surface area contributed by atoms with E-state index in [4.69, 9.17) is 26.2 Å². The Balaban J connectivity index is 1.73. The van der Waals surface area contributed by atoms with Crippen LogP contribution in [0.15, 0.2) is 65.4 Å². The van der Waals surface area contributed by atoms with Crippen LogP contribution in [0.25, 0.3) is 16.9 Å². The zero-order valence-corrected chi connectivity index (χ0v) is 23.8. The van der Waals surface area contributed by atoms with Gasteiger partial charge in [0.15, 0.2) is 0 Å². The van der Waals surface area contributed by atoms with Crippen LogP contribution in [-0.4, -0.2) is 61.3 Å². The van der Waals surface area contributed by atoms with Gasteiger partial charge in [-0.05, 0) is 58.8 Å². The number of fused-ring (bicyclic) bond motifs is 1. The summed E-state index contributed by atoms with van der Waals surface area (Å²) in [7, 11) is 3.18. The SMILES string of the molecule is COCCNC(=O)CN1C(=O)CS[C@H](c2ccsc2)c2c(-c3ccc(Cl)cc3)nn(-c3ccc(OC)cc3)c21. The summed E-state index contributed by atoms with van der Waals surface area (Å²) in [6.45, 7) is 0.587. The Labute approximate surface area is 239 Å². The molecule has 39 heavy (non-hydrogen) atoms. The Hall–Kier alpha value is -3.31. The van der Waals surface area contributed by atoms with Gasteiger partial charge in [-0.25, -0.2) is 4.68 Å². The molecule has 1 N–H and O–H groups in total. The lowest BCUT2D eigenvalue weighted by atomic mass is 10.0. The molecule has 0 unspecified atom stereocenters. The second-order valence-corrected chi connectivity index (χ2v) is 11.1. The quantitative estimate of drug-likeness (QED) is 0.273. The molecule has 3 heterocycles. The molecule has 0 spiro atoms. The molecular formula is C28H27ClN4O4S2. The highest BCUT2D eigenvalue weighted by Gasteiger charge is 2.37. The van der Waals surface area contributed by atoms with Crippen molar-refractivity contribution in [2.75, 3.05) is 44.6 Å². The minimum atomic E-state index is -0.277. The molecule has 0 bridgehead atoms. The van der Waals surface area contributed by atoms with E-state index in [0.29, 0.717) is 29.7 Å². The minimum Gasteiger partial charge on any atom is -0.497 e. The van der Waals surface area contributed by atoms with E-state index < -0.39 is 0 Å². The van der Waals surface area contributed by atoms with E-state index in [9.17, 15) is 9.59 Å². The number of methoxy groups -OCH3 is 2. The second-order valence-electron chi connectivity index (χ2n) is 8.77. The van der Waals surface area contributed by atoms with Crippen molar-refractivity contribution in [3.63, 3.8) is 0 Å². The number of carbonyl (C=O) groups excluding carboxylic acids is 2. The standard InChI is InChI=1S/C28H27ClN4O4S2/c1-36-13-12-30-23(34)15-32-24(35)17-39-27(19-11-14-38-16-19)25-26(18-3-5-20(29)6-4-18)31-33(28(25)32)21-7-9-22(37-2)10-8-21/h3-11,14,16,27H,12-13,15,17H2,1-2H3,(H,30,34)/t27-/m1/s1. The molecule has 11 heteroatoms. The number of hydrogen-bond donors (Lipinski definition) is 1. The van der Waals surface area contributed by atoms with Gasteiger partial charge < -0.3 is 14.8 Å². The summed E-state index contributed by atoms with van der Waals surface area (Å²) in [6.07, 6.45) is 0. The number of amides is 2. The van der Waals surface area contributed by atoms with E-state index >= 15 is 0 Å². The van der Waals surface area contributed by atoms with Crippen molar-refractivity contribution in [2.24, 2.45) is 0 Å². The van der Waals surface area contributed by atoms with Gasteiger partial charge in [-0.3, -0.25) is 14.5 Å². The van der Waals surface area contributed by atoms with Crippen molar-refractivity contribution in [3.8, 4) is 22.7 Å². The highest BCUT2D eigenvalue weighted by Crippen LogP contribution is 2.49. The summed E-state index contributed by atoms with van der Waals surface area (Å²) >= 11 is 9.35. The van der Waals surface area contributed by atoms with Gasteiger partial charge in [-0.15, -0.1) is 11.8 Å². The van der Waals surface area contributed by atoms with E-state index in [-0.39, 0.29) is 29.4 Å². The van der Waals surface area contributed by atoms with Gasteiger partial charge in [0.1, 0.15) is 18.1 Å². The molecular weight excluding hydrogens is 556 g/mol. The summed E-state index contributed by atoms with van der Waals surface area (Å²) < 4.78 is 12.2. The number of aromatic nitrogens is 2. The largest absolute Gasteiger partial charge is 0.497 e.